The normalized spacial score (nSPS) is 13.4. The number of ketones is 2. The maximum Gasteiger partial charge on any atom is 0.168 e. The van der Waals surface area contributed by atoms with E-state index < -0.39 is 11.8 Å². The van der Waals surface area contributed by atoms with E-state index in [-0.39, 0.29) is 30.2 Å². The zero-order valence-corrected chi connectivity index (χ0v) is 33.2. The quantitative estimate of drug-likeness (QED) is 0.104. The molecule has 0 radical (unpaired) electrons. The minimum absolute atomic E-state index is 0.00275. The van der Waals surface area contributed by atoms with Gasteiger partial charge in [-0.15, -0.1) is 0 Å². The number of ether oxygens (including phenoxy) is 2. The second-order valence-corrected chi connectivity index (χ2v) is 16.1. The van der Waals surface area contributed by atoms with Gasteiger partial charge in [0.15, 0.2) is 11.6 Å². The van der Waals surface area contributed by atoms with Gasteiger partial charge in [-0.2, -0.15) is 0 Å². The molecule has 0 bridgehead atoms. The van der Waals surface area contributed by atoms with E-state index in [4.69, 9.17) is 9.47 Å². The fraction of sp³-hybridized carbons (Fsp3) is 0.208. The Hall–Kier alpha value is -6.26. The molecule has 6 aromatic carbocycles. The fourth-order valence-corrected chi connectivity index (χ4v) is 8.69. The van der Waals surface area contributed by atoms with Gasteiger partial charge >= 0.3 is 0 Å². The summed E-state index contributed by atoms with van der Waals surface area (Å²) in [5.41, 5.74) is 14.8. The summed E-state index contributed by atoms with van der Waals surface area (Å²) >= 11 is 0. The van der Waals surface area contributed by atoms with Crippen LogP contribution in [0.25, 0.3) is 22.3 Å². The molecule has 0 saturated heterocycles. The zero-order chi connectivity index (χ0) is 39.8. The van der Waals surface area contributed by atoms with Crippen LogP contribution in [-0.4, -0.2) is 24.8 Å². The predicted molar refractivity (Wildman–Crippen MR) is 230 cm³/mol. The molecule has 0 spiro atoms. The Balaban J connectivity index is 0.951. The highest BCUT2D eigenvalue weighted by atomic mass is 16.5. The average Bonchev–Trinajstić information content (AvgIpc) is 3.80. The minimum Gasteiger partial charge on any atom is -0.492 e. The summed E-state index contributed by atoms with van der Waals surface area (Å²) in [5.74, 6) is 0.502. The third-order valence-corrected chi connectivity index (χ3v) is 12.0. The van der Waals surface area contributed by atoms with Gasteiger partial charge in [-0.1, -0.05) is 136 Å². The largest absolute Gasteiger partial charge is 0.492 e. The number of allylic oxidation sites excluding steroid dienone is 2. The predicted octanol–water partition coefficient (Wildman–Crippen LogP) is 11.8. The van der Waals surface area contributed by atoms with Crippen molar-refractivity contribution in [3.8, 4) is 33.8 Å². The summed E-state index contributed by atoms with van der Waals surface area (Å²) in [6.45, 7) is 16.4. The summed E-state index contributed by atoms with van der Waals surface area (Å²) in [6, 6.07) is 45.7. The molecule has 4 heteroatoms. The lowest BCUT2D eigenvalue weighted by Crippen LogP contribution is -2.22. The molecule has 57 heavy (non-hydrogen) atoms. The molecule has 0 N–H and O–H groups in total. The van der Waals surface area contributed by atoms with Gasteiger partial charge < -0.3 is 9.47 Å². The number of carbonyl (C=O) groups excluding carboxylic acids is 2. The van der Waals surface area contributed by atoms with Crippen LogP contribution >= 0.6 is 0 Å². The van der Waals surface area contributed by atoms with Crippen molar-refractivity contribution < 1.29 is 19.1 Å². The number of carbonyl (C=O) groups is 2. The van der Waals surface area contributed by atoms with E-state index in [1.807, 2.05) is 36.4 Å². The first kappa shape index (κ1) is 37.7. The van der Waals surface area contributed by atoms with Gasteiger partial charge in [0.2, 0.25) is 0 Å². The second kappa shape index (κ2) is 15.3. The Kier molecular flexibility index (Phi) is 10.1. The lowest BCUT2D eigenvalue weighted by atomic mass is 9.78. The zero-order valence-electron chi connectivity index (χ0n) is 33.2. The van der Waals surface area contributed by atoms with Crippen LogP contribution in [0, 0.1) is 0 Å². The van der Waals surface area contributed by atoms with Gasteiger partial charge in [0.25, 0.3) is 0 Å². The van der Waals surface area contributed by atoms with E-state index in [2.05, 4.69) is 124 Å². The molecule has 0 heterocycles. The van der Waals surface area contributed by atoms with Gasteiger partial charge in [-0.3, -0.25) is 9.59 Å². The van der Waals surface area contributed by atoms with Crippen molar-refractivity contribution >= 4 is 11.6 Å². The van der Waals surface area contributed by atoms with Crippen LogP contribution in [0.3, 0.4) is 0 Å². The van der Waals surface area contributed by atoms with Gasteiger partial charge in [0.1, 0.15) is 24.7 Å². The first-order valence-corrected chi connectivity index (χ1v) is 19.8. The van der Waals surface area contributed by atoms with Gasteiger partial charge in [-0.05, 0) is 129 Å². The lowest BCUT2D eigenvalue weighted by Gasteiger charge is -2.27. The highest BCUT2D eigenvalue weighted by Gasteiger charge is 2.31. The first-order valence-electron chi connectivity index (χ1n) is 19.8. The van der Waals surface area contributed by atoms with E-state index in [1.165, 1.54) is 44.5 Å². The van der Waals surface area contributed by atoms with Crippen molar-refractivity contribution in [2.24, 2.45) is 0 Å². The van der Waals surface area contributed by atoms with E-state index in [9.17, 15) is 9.59 Å². The average molecular weight is 749 g/mol. The first-order chi connectivity index (χ1) is 27.5. The van der Waals surface area contributed by atoms with Crippen molar-refractivity contribution in [3.63, 3.8) is 0 Å². The molecule has 284 valence electrons. The van der Waals surface area contributed by atoms with Crippen molar-refractivity contribution in [1.82, 2.24) is 0 Å². The third-order valence-electron chi connectivity index (χ3n) is 12.0. The molecular formula is C53H48O4. The summed E-state index contributed by atoms with van der Waals surface area (Å²) in [6.07, 6.45) is 1.61. The maximum atomic E-state index is 13.6. The van der Waals surface area contributed by atoms with Crippen LogP contribution in [0.4, 0.5) is 0 Å². The number of hydrogen-bond acceptors (Lipinski definition) is 4. The number of benzene rings is 6. The molecule has 0 amide bonds. The molecular weight excluding hydrogens is 701 g/mol. The number of hydrogen-bond donors (Lipinski definition) is 0. The minimum atomic E-state index is -0.455. The number of fused-ring (bicyclic) bond motifs is 6. The highest BCUT2D eigenvalue weighted by Crippen LogP contribution is 2.43. The lowest BCUT2D eigenvalue weighted by molar-refractivity contribution is -0.118. The molecule has 2 unspecified atom stereocenters. The van der Waals surface area contributed by atoms with E-state index in [0.717, 1.165) is 35.1 Å². The van der Waals surface area contributed by atoms with Gasteiger partial charge in [-0.25, -0.2) is 0 Å². The molecule has 0 aliphatic heterocycles. The van der Waals surface area contributed by atoms with E-state index in [0.29, 0.717) is 22.6 Å². The van der Waals surface area contributed by atoms with Crippen molar-refractivity contribution in [2.45, 2.75) is 57.8 Å². The van der Waals surface area contributed by atoms with Crippen LogP contribution in [0.2, 0.25) is 0 Å². The topological polar surface area (TPSA) is 52.6 Å². The molecule has 0 saturated carbocycles. The van der Waals surface area contributed by atoms with E-state index in [1.54, 1.807) is 13.8 Å². The summed E-state index contributed by atoms with van der Waals surface area (Å²) < 4.78 is 12.7. The smallest absolute Gasteiger partial charge is 0.168 e. The maximum absolute atomic E-state index is 13.6. The van der Waals surface area contributed by atoms with Crippen LogP contribution in [-0.2, 0) is 27.8 Å². The van der Waals surface area contributed by atoms with Crippen LogP contribution in [0.1, 0.15) is 84.0 Å². The van der Waals surface area contributed by atoms with Crippen molar-refractivity contribution in [1.29, 1.82) is 0 Å². The monoisotopic (exact) mass is 748 g/mol. The van der Waals surface area contributed by atoms with Gasteiger partial charge in [0, 0.05) is 5.41 Å². The molecule has 2 aliphatic carbocycles. The summed E-state index contributed by atoms with van der Waals surface area (Å²) in [5, 5.41) is 0. The van der Waals surface area contributed by atoms with Crippen LogP contribution < -0.4 is 9.47 Å². The van der Waals surface area contributed by atoms with Crippen LogP contribution in [0.15, 0.2) is 158 Å². The molecule has 6 aromatic rings. The fourth-order valence-electron chi connectivity index (χ4n) is 8.69. The van der Waals surface area contributed by atoms with E-state index >= 15 is 0 Å². The SMILES string of the molecule is C=C(C)C(=O)C(COc1ccc(C(C)(C)c2ccc(OCC(C(=O)C(=C)C)c3cccc4c3Cc3ccccc3-4)cc2)cc1)c1cccc2c1Cc1ccccc1-2. The molecule has 2 aliphatic rings. The Morgan fingerprint density at radius 3 is 1.28 bits per heavy atom. The second-order valence-electron chi connectivity index (χ2n) is 16.1. The number of rotatable bonds is 14. The Bertz CT molecular complexity index is 2360. The Labute approximate surface area is 336 Å². The molecule has 8 rings (SSSR count). The third kappa shape index (κ3) is 7.17. The summed E-state index contributed by atoms with van der Waals surface area (Å²) in [4.78, 5) is 27.1. The Morgan fingerprint density at radius 1 is 0.526 bits per heavy atom. The number of Topliss-reactive ketones (excluding diaryl/α,β-unsaturated/α-hetero) is 2. The molecule has 0 fully saturated rings. The van der Waals surface area contributed by atoms with Crippen LogP contribution in [0.5, 0.6) is 11.5 Å². The summed E-state index contributed by atoms with van der Waals surface area (Å²) in [7, 11) is 0. The highest BCUT2D eigenvalue weighted by molar-refractivity contribution is 6.01. The molecule has 2 atom stereocenters. The van der Waals surface area contributed by atoms with Crippen molar-refractivity contribution in [3.05, 3.63) is 202 Å². The Morgan fingerprint density at radius 2 is 0.895 bits per heavy atom. The van der Waals surface area contributed by atoms with Crippen molar-refractivity contribution in [2.75, 3.05) is 13.2 Å². The van der Waals surface area contributed by atoms with Gasteiger partial charge in [0.05, 0.1) is 11.8 Å². The molecule has 0 aromatic heterocycles. The standard InChI is InChI=1S/C53H48O4/c1-33(2)51(54)49(45-19-11-17-43-41-15-9-7-13-35(41)29-47(43)45)31-56-39-25-21-37(22-26-39)53(5,6)38-23-27-40(28-24-38)57-32-50(52(55)34(3)4)46-20-12-18-44-42-16-10-8-14-36(42)30-48(44)46/h7-28,49-50H,1,3,29-32H2,2,4-6H3. The molecule has 4 nitrogen and oxygen atoms in total.